The summed E-state index contributed by atoms with van der Waals surface area (Å²) in [6.45, 7) is 1.15. The third kappa shape index (κ3) is 4.25. The zero-order valence-corrected chi connectivity index (χ0v) is 13.9. The molecule has 4 nitrogen and oxygen atoms in total. The molecule has 0 saturated heterocycles. The number of amides is 2. The van der Waals surface area contributed by atoms with E-state index in [-0.39, 0.29) is 24.7 Å². The minimum atomic E-state index is -0.457. The molecule has 0 fully saturated rings. The first-order valence-electron chi connectivity index (χ1n) is 8.33. The van der Waals surface area contributed by atoms with Crippen LogP contribution >= 0.6 is 0 Å². The van der Waals surface area contributed by atoms with Crippen molar-refractivity contribution in [3.8, 4) is 0 Å². The Balaban J connectivity index is 1.58. The average Bonchev–Trinajstić information content (AvgIpc) is 2.67. The van der Waals surface area contributed by atoms with Crippen LogP contribution in [0, 0.1) is 5.82 Å². The van der Waals surface area contributed by atoms with Crippen LogP contribution in [-0.4, -0.2) is 29.1 Å². The fourth-order valence-corrected chi connectivity index (χ4v) is 2.90. The van der Waals surface area contributed by atoms with Gasteiger partial charge in [-0.25, -0.2) is 9.18 Å². The van der Waals surface area contributed by atoms with Crippen molar-refractivity contribution in [3.63, 3.8) is 0 Å². The molecule has 0 aromatic heterocycles. The zero-order chi connectivity index (χ0) is 17.6. The number of aliphatic hydroxyl groups is 1. The van der Waals surface area contributed by atoms with Crippen molar-refractivity contribution >= 4 is 11.6 Å². The predicted molar refractivity (Wildman–Crippen MR) is 95.2 cm³/mol. The number of nitrogens with zero attached hydrogens (tertiary/aromatic N) is 1. The number of hydrogen-bond donors (Lipinski definition) is 2. The van der Waals surface area contributed by atoms with E-state index in [4.69, 9.17) is 5.11 Å². The number of nitrogens with one attached hydrogen (secondary N) is 1. The molecule has 0 unspecified atom stereocenters. The second kappa shape index (κ2) is 7.94. The normalized spacial score (nSPS) is 14.2. The van der Waals surface area contributed by atoms with Crippen LogP contribution in [0.3, 0.4) is 0 Å². The maximum absolute atomic E-state index is 13.7. The second-order valence-electron chi connectivity index (χ2n) is 6.05. The van der Waals surface area contributed by atoms with Gasteiger partial charge in [0.25, 0.3) is 0 Å². The highest BCUT2D eigenvalue weighted by molar-refractivity contribution is 5.78. The molecule has 2 aromatic carbocycles. The van der Waals surface area contributed by atoms with Crippen LogP contribution in [0.4, 0.5) is 9.18 Å². The molecule has 1 heterocycles. The topological polar surface area (TPSA) is 52.6 Å². The molecule has 0 atom stereocenters. The van der Waals surface area contributed by atoms with Crippen molar-refractivity contribution in [1.29, 1.82) is 0 Å². The molecule has 0 bridgehead atoms. The van der Waals surface area contributed by atoms with Crippen LogP contribution in [0.5, 0.6) is 0 Å². The lowest BCUT2D eigenvalue weighted by atomic mass is 10.0. The summed E-state index contributed by atoms with van der Waals surface area (Å²) in [5, 5.41) is 11.8. The quantitative estimate of drug-likeness (QED) is 0.897. The third-order valence-electron chi connectivity index (χ3n) is 4.31. The van der Waals surface area contributed by atoms with Gasteiger partial charge in [-0.2, -0.15) is 0 Å². The first kappa shape index (κ1) is 17.2. The Bertz CT molecular complexity index is 775. The Morgan fingerprint density at radius 2 is 2.00 bits per heavy atom. The average molecular weight is 340 g/mol. The molecule has 2 N–H and O–H groups in total. The van der Waals surface area contributed by atoms with E-state index >= 15 is 0 Å². The largest absolute Gasteiger partial charge is 0.392 e. The summed E-state index contributed by atoms with van der Waals surface area (Å²) in [7, 11) is 0. The van der Waals surface area contributed by atoms with E-state index in [9.17, 15) is 9.18 Å². The van der Waals surface area contributed by atoms with E-state index < -0.39 is 5.82 Å². The Labute approximate surface area is 146 Å². The summed E-state index contributed by atoms with van der Waals surface area (Å²) in [5.41, 5.74) is 3.18. The van der Waals surface area contributed by atoms with Gasteiger partial charge >= 0.3 is 6.03 Å². The van der Waals surface area contributed by atoms with Gasteiger partial charge in [-0.05, 0) is 29.2 Å². The fraction of sp³-hybridized carbons (Fsp3) is 0.250. The number of hydrogen-bond acceptors (Lipinski definition) is 2. The summed E-state index contributed by atoms with van der Waals surface area (Å²) in [5.74, 6) is -0.457. The van der Waals surface area contributed by atoms with Crippen molar-refractivity contribution in [1.82, 2.24) is 10.2 Å². The number of rotatable bonds is 4. The molecule has 5 heteroatoms. The van der Waals surface area contributed by atoms with Gasteiger partial charge in [-0.3, -0.25) is 0 Å². The summed E-state index contributed by atoms with van der Waals surface area (Å²) in [4.78, 5) is 14.2. The van der Waals surface area contributed by atoms with E-state index in [0.29, 0.717) is 18.7 Å². The Kier molecular flexibility index (Phi) is 5.46. The van der Waals surface area contributed by atoms with Crippen LogP contribution in [0.15, 0.2) is 54.6 Å². The third-order valence-corrected chi connectivity index (χ3v) is 4.31. The summed E-state index contributed by atoms with van der Waals surface area (Å²) < 4.78 is 13.7. The van der Waals surface area contributed by atoms with Crippen molar-refractivity contribution < 1.29 is 14.3 Å². The Morgan fingerprint density at radius 3 is 2.72 bits per heavy atom. The number of halogens is 1. The highest BCUT2D eigenvalue weighted by Gasteiger charge is 2.18. The van der Waals surface area contributed by atoms with Crippen molar-refractivity contribution in [2.24, 2.45) is 0 Å². The van der Waals surface area contributed by atoms with Gasteiger partial charge in [0, 0.05) is 25.2 Å². The molecule has 0 radical (unpaired) electrons. The molecule has 0 saturated carbocycles. The number of carbonyl (C=O) groups excluding carboxylic acids is 1. The molecule has 1 aliphatic rings. The maximum atomic E-state index is 13.7. The molecule has 2 amide bonds. The molecule has 0 spiro atoms. The smallest absolute Gasteiger partial charge is 0.317 e. The first-order chi connectivity index (χ1) is 12.2. The molecule has 2 aromatic rings. The van der Waals surface area contributed by atoms with Crippen LogP contribution in [0.2, 0.25) is 0 Å². The zero-order valence-electron chi connectivity index (χ0n) is 13.9. The van der Waals surface area contributed by atoms with Gasteiger partial charge in [0.15, 0.2) is 0 Å². The van der Waals surface area contributed by atoms with Crippen molar-refractivity contribution in [2.45, 2.75) is 19.6 Å². The SMILES string of the molecule is O=C(NCc1ccc(CO)c(F)c1)N1CCC=C(c2ccccc2)C1. The molecule has 1 aliphatic heterocycles. The fourth-order valence-electron chi connectivity index (χ4n) is 2.90. The summed E-state index contributed by atoms with van der Waals surface area (Å²) >= 11 is 0. The molecule has 25 heavy (non-hydrogen) atoms. The van der Waals surface area contributed by atoms with Crippen LogP contribution in [0.1, 0.15) is 23.1 Å². The van der Waals surface area contributed by atoms with Gasteiger partial charge in [0.2, 0.25) is 0 Å². The lowest BCUT2D eigenvalue weighted by Gasteiger charge is -2.28. The lowest BCUT2D eigenvalue weighted by Crippen LogP contribution is -2.42. The second-order valence-corrected chi connectivity index (χ2v) is 6.05. The van der Waals surface area contributed by atoms with E-state index in [0.717, 1.165) is 17.6 Å². The van der Waals surface area contributed by atoms with Crippen molar-refractivity contribution in [2.75, 3.05) is 13.1 Å². The van der Waals surface area contributed by atoms with Gasteiger partial charge in [-0.15, -0.1) is 0 Å². The highest BCUT2D eigenvalue weighted by atomic mass is 19.1. The number of urea groups is 1. The standard InChI is InChI=1S/C20H21FN2O2/c21-19-11-15(8-9-18(19)14-24)12-22-20(25)23-10-4-7-17(13-23)16-5-2-1-3-6-16/h1-3,5-9,11,24H,4,10,12-14H2,(H,22,25). The van der Waals surface area contributed by atoms with Gasteiger partial charge in [0.05, 0.1) is 6.61 Å². The van der Waals surface area contributed by atoms with Crippen LogP contribution in [-0.2, 0) is 13.2 Å². The number of carbonyl (C=O) groups is 1. The number of aliphatic hydroxyl groups excluding tert-OH is 1. The molecule has 130 valence electrons. The number of benzene rings is 2. The molecule has 0 aliphatic carbocycles. The maximum Gasteiger partial charge on any atom is 0.317 e. The minimum absolute atomic E-state index is 0.159. The summed E-state index contributed by atoms with van der Waals surface area (Å²) in [6.07, 6.45) is 2.99. The van der Waals surface area contributed by atoms with Crippen LogP contribution < -0.4 is 5.32 Å². The van der Waals surface area contributed by atoms with Gasteiger partial charge in [0.1, 0.15) is 5.82 Å². The Hall–Kier alpha value is -2.66. The first-order valence-corrected chi connectivity index (χ1v) is 8.33. The molecule has 3 rings (SSSR count). The summed E-state index contributed by atoms with van der Waals surface area (Å²) in [6, 6.07) is 14.5. The molecular weight excluding hydrogens is 319 g/mol. The van der Waals surface area contributed by atoms with Crippen molar-refractivity contribution in [3.05, 3.63) is 77.1 Å². The lowest BCUT2D eigenvalue weighted by molar-refractivity contribution is 0.203. The monoisotopic (exact) mass is 340 g/mol. The highest BCUT2D eigenvalue weighted by Crippen LogP contribution is 2.20. The van der Waals surface area contributed by atoms with E-state index in [1.807, 2.05) is 30.3 Å². The molecular formula is C20H21FN2O2. The van der Waals surface area contributed by atoms with E-state index in [1.54, 1.807) is 11.0 Å². The van der Waals surface area contributed by atoms with Gasteiger partial charge < -0.3 is 15.3 Å². The minimum Gasteiger partial charge on any atom is -0.392 e. The van der Waals surface area contributed by atoms with Crippen LogP contribution in [0.25, 0.3) is 5.57 Å². The van der Waals surface area contributed by atoms with E-state index in [2.05, 4.69) is 11.4 Å². The van der Waals surface area contributed by atoms with E-state index in [1.165, 1.54) is 12.1 Å². The van der Waals surface area contributed by atoms with Gasteiger partial charge in [-0.1, -0.05) is 48.5 Å². The predicted octanol–water partition coefficient (Wildman–Crippen LogP) is 3.32. The Morgan fingerprint density at radius 1 is 1.20 bits per heavy atom.